The van der Waals surface area contributed by atoms with E-state index in [1.54, 1.807) is 0 Å². The van der Waals surface area contributed by atoms with Crippen molar-refractivity contribution in [3.8, 4) is 11.8 Å². The number of hydrogen-bond acceptors (Lipinski definition) is 5. The third-order valence-corrected chi connectivity index (χ3v) is 4.45. The number of aromatic nitrogens is 1. The predicted molar refractivity (Wildman–Crippen MR) is 74.9 cm³/mol. The molecular weight excluding hydrogens is 274 g/mol. The number of fused-ring (bicyclic) bond motifs is 1. The first-order chi connectivity index (χ1) is 9.69. The monoisotopic (exact) mass is 285 g/mol. The number of aryl methyl sites for hydroxylation is 1. The molecule has 6 heteroatoms. The lowest BCUT2D eigenvalue weighted by molar-refractivity contribution is 0.102. The number of pyridine rings is 1. The Balaban J connectivity index is 1.89. The zero-order valence-corrected chi connectivity index (χ0v) is 11.3. The van der Waals surface area contributed by atoms with Crippen LogP contribution in [0.4, 0.5) is 5.00 Å². The van der Waals surface area contributed by atoms with Gasteiger partial charge in [-0.3, -0.25) is 9.78 Å². The number of nitrogens with one attached hydrogen (secondary N) is 1. The first kappa shape index (κ1) is 12.6. The maximum atomic E-state index is 12.1. The van der Waals surface area contributed by atoms with E-state index < -0.39 is 0 Å². The highest BCUT2D eigenvalue weighted by molar-refractivity contribution is 7.16. The van der Waals surface area contributed by atoms with Crippen molar-refractivity contribution in [2.75, 3.05) is 5.32 Å². The van der Waals surface area contributed by atoms with E-state index in [0.717, 1.165) is 24.8 Å². The van der Waals surface area contributed by atoms with Gasteiger partial charge < -0.3 is 10.4 Å². The molecule has 0 radical (unpaired) electrons. The SMILES string of the molecule is N#Cc1c(NC(=O)c2cncc(O)c2)sc2c1CCC2. The second kappa shape index (κ2) is 4.94. The normalized spacial score (nSPS) is 12.8. The Morgan fingerprint density at radius 3 is 3.05 bits per heavy atom. The van der Waals surface area contributed by atoms with Gasteiger partial charge in [0.25, 0.3) is 5.91 Å². The number of anilines is 1. The largest absolute Gasteiger partial charge is 0.506 e. The van der Waals surface area contributed by atoms with E-state index >= 15 is 0 Å². The lowest BCUT2D eigenvalue weighted by Gasteiger charge is -2.04. The summed E-state index contributed by atoms with van der Waals surface area (Å²) in [6.07, 6.45) is 5.58. The lowest BCUT2D eigenvalue weighted by Crippen LogP contribution is -2.12. The summed E-state index contributed by atoms with van der Waals surface area (Å²) in [4.78, 5) is 17.0. The molecule has 0 saturated carbocycles. The second-order valence-corrected chi connectivity index (χ2v) is 5.66. The summed E-state index contributed by atoms with van der Waals surface area (Å²) in [5.74, 6) is -0.434. The minimum Gasteiger partial charge on any atom is -0.506 e. The van der Waals surface area contributed by atoms with Crippen LogP contribution in [0.15, 0.2) is 18.5 Å². The average molecular weight is 285 g/mol. The Morgan fingerprint density at radius 2 is 2.30 bits per heavy atom. The molecule has 1 aliphatic carbocycles. The highest BCUT2D eigenvalue weighted by atomic mass is 32.1. The molecule has 2 aromatic heterocycles. The van der Waals surface area contributed by atoms with Crippen molar-refractivity contribution < 1.29 is 9.90 Å². The third-order valence-electron chi connectivity index (χ3n) is 3.25. The van der Waals surface area contributed by atoms with Crippen molar-refractivity contribution in [2.24, 2.45) is 0 Å². The van der Waals surface area contributed by atoms with Crippen LogP contribution < -0.4 is 5.32 Å². The number of nitrogens with zero attached hydrogens (tertiary/aromatic N) is 2. The van der Waals surface area contributed by atoms with Gasteiger partial charge >= 0.3 is 0 Å². The van der Waals surface area contributed by atoms with Crippen LogP contribution >= 0.6 is 11.3 Å². The molecule has 0 aromatic carbocycles. The van der Waals surface area contributed by atoms with Gasteiger partial charge in [0.15, 0.2) is 0 Å². The average Bonchev–Trinajstić information content (AvgIpc) is 2.98. The van der Waals surface area contributed by atoms with E-state index in [9.17, 15) is 15.2 Å². The van der Waals surface area contributed by atoms with Gasteiger partial charge in [-0.05, 0) is 30.9 Å². The van der Waals surface area contributed by atoms with Crippen LogP contribution in [-0.2, 0) is 12.8 Å². The number of rotatable bonds is 2. The highest BCUT2D eigenvalue weighted by Crippen LogP contribution is 2.38. The van der Waals surface area contributed by atoms with Crippen LogP contribution in [0.2, 0.25) is 0 Å². The summed E-state index contributed by atoms with van der Waals surface area (Å²) in [7, 11) is 0. The van der Waals surface area contributed by atoms with Crippen LogP contribution in [0.25, 0.3) is 0 Å². The molecule has 5 nitrogen and oxygen atoms in total. The van der Waals surface area contributed by atoms with Crippen molar-refractivity contribution in [2.45, 2.75) is 19.3 Å². The van der Waals surface area contributed by atoms with Gasteiger partial charge in [0, 0.05) is 11.1 Å². The van der Waals surface area contributed by atoms with Gasteiger partial charge in [0.1, 0.15) is 16.8 Å². The van der Waals surface area contributed by atoms with E-state index in [1.165, 1.54) is 34.7 Å². The Hall–Kier alpha value is -2.39. The number of nitriles is 1. The van der Waals surface area contributed by atoms with Crippen molar-refractivity contribution in [3.63, 3.8) is 0 Å². The molecule has 0 unspecified atom stereocenters. The summed E-state index contributed by atoms with van der Waals surface area (Å²) in [5, 5.41) is 21.9. The highest BCUT2D eigenvalue weighted by Gasteiger charge is 2.23. The fraction of sp³-hybridized carbons (Fsp3) is 0.214. The van der Waals surface area contributed by atoms with Crippen LogP contribution in [0, 0.1) is 11.3 Å². The molecule has 0 fully saturated rings. The fourth-order valence-electron chi connectivity index (χ4n) is 2.34. The minimum absolute atomic E-state index is 0.0631. The van der Waals surface area contributed by atoms with Crippen molar-refractivity contribution in [1.29, 1.82) is 5.26 Å². The van der Waals surface area contributed by atoms with Gasteiger partial charge in [-0.1, -0.05) is 0 Å². The van der Waals surface area contributed by atoms with Crippen LogP contribution in [-0.4, -0.2) is 16.0 Å². The third kappa shape index (κ3) is 2.12. The summed E-state index contributed by atoms with van der Waals surface area (Å²) >= 11 is 1.46. The number of aromatic hydroxyl groups is 1. The van der Waals surface area contributed by atoms with Gasteiger partial charge in [-0.2, -0.15) is 5.26 Å². The van der Waals surface area contributed by atoms with Crippen molar-refractivity contribution in [3.05, 3.63) is 40.0 Å². The lowest BCUT2D eigenvalue weighted by atomic mass is 10.1. The summed E-state index contributed by atoms with van der Waals surface area (Å²) < 4.78 is 0. The van der Waals surface area contributed by atoms with E-state index in [2.05, 4.69) is 16.4 Å². The second-order valence-electron chi connectivity index (χ2n) is 4.56. The Labute approximate surface area is 119 Å². The molecule has 3 rings (SSSR count). The van der Waals surface area contributed by atoms with Gasteiger partial charge in [-0.25, -0.2) is 0 Å². The van der Waals surface area contributed by atoms with E-state index in [-0.39, 0.29) is 17.2 Å². The number of amides is 1. The standard InChI is InChI=1S/C14H11N3O2S/c15-5-11-10-2-1-3-12(10)20-14(11)17-13(19)8-4-9(18)7-16-6-8/h4,6-7,18H,1-3H2,(H,17,19). The number of hydrogen-bond donors (Lipinski definition) is 2. The summed E-state index contributed by atoms with van der Waals surface area (Å²) in [5.41, 5.74) is 1.91. The molecule has 0 saturated heterocycles. The van der Waals surface area contributed by atoms with E-state index in [4.69, 9.17) is 0 Å². The molecule has 1 aliphatic rings. The first-order valence-electron chi connectivity index (χ1n) is 6.19. The molecule has 0 bridgehead atoms. The number of thiophene rings is 1. The van der Waals surface area contributed by atoms with Crippen LogP contribution in [0.1, 0.15) is 32.8 Å². The molecule has 2 heterocycles. The number of carbonyl (C=O) groups excluding carboxylic acids is 1. The molecule has 20 heavy (non-hydrogen) atoms. The van der Waals surface area contributed by atoms with Gasteiger partial charge in [0.05, 0.1) is 17.3 Å². The topological polar surface area (TPSA) is 86.0 Å². The molecule has 0 spiro atoms. The first-order valence-corrected chi connectivity index (χ1v) is 7.00. The molecule has 1 amide bonds. The maximum Gasteiger partial charge on any atom is 0.258 e. The van der Waals surface area contributed by atoms with E-state index in [1.807, 2.05) is 0 Å². The van der Waals surface area contributed by atoms with Crippen LogP contribution in [0.3, 0.4) is 0 Å². The smallest absolute Gasteiger partial charge is 0.258 e. The van der Waals surface area contributed by atoms with Crippen molar-refractivity contribution >= 4 is 22.2 Å². The zero-order valence-electron chi connectivity index (χ0n) is 10.5. The minimum atomic E-state index is -0.371. The number of carbonyl (C=O) groups is 1. The van der Waals surface area contributed by atoms with Gasteiger partial charge in [0.2, 0.25) is 0 Å². The molecule has 2 aromatic rings. The Kier molecular flexibility index (Phi) is 3.12. The Morgan fingerprint density at radius 1 is 1.45 bits per heavy atom. The molecule has 100 valence electrons. The molecule has 0 aliphatic heterocycles. The van der Waals surface area contributed by atoms with Crippen LogP contribution in [0.5, 0.6) is 5.75 Å². The molecule has 2 N–H and O–H groups in total. The van der Waals surface area contributed by atoms with Gasteiger partial charge in [-0.15, -0.1) is 11.3 Å². The zero-order chi connectivity index (χ0) is 14.1. The maximum absolute atomic E-state index is 12.1. The molecular formula is C14H11N3O2S. The summed E-state index contributed by atoms with van der Waals surface area (Å²) in [6, 6.07) is 3.52. The molecule has 0 atom stereocenters. The fourth-order valence-corrected chi connectivity index (χ4v) is 3.57. The van der Waals surface area contributed by atoms with Crippen molar-refractivity contribution in [1.82, 2.24) is 4.98 Å². The van der Waals surface area contributed by atoms with E-state index in [0.29, 0.717) is 10.6 Å². The Bertz CT molecular complexity index is 731. The summed E-state index contributed by atoms with van der Waals surface area (Å²) in [6.45, 7) is 0. The quantitative estimate of drug-likeness (QED) is 0.887. The predicted octanol–water partition coefficient (Wildman–Crippen LogP) is 2.46.